The lowest BCUT2D eigenvalue weighted by molar-refractivity contribution is -0.123. The summed E-state index contributed by atoms with van der Waals surface area (Å²) in [5, 5.41) is 4.02. The monoisotopic (exact) mass is 339 g/mol. The van der Waals surface area contributed by atoms with E-state index < -0.39 is 13.5 Å². The maximum Gasteiger partial charge on any atom is 0.229 e. The predicted octanol–water partition coefficient (Wildman–Crippen LogP) is 3.24. The third kappa shape index (κ3) is 4.19. The molecule has 1 aromatic rings. The molecule has 0 atom stereocenters. The highest BCUT2D eigenvalue weighted by molar-refractivity contribution is 6.90. The Bertz CT molecular complexity index is 586. The fourth-order valence-corrected chi connectivity index (χ4v) is 4.11. The van der Waals surface area contributed by atoms with Crippen LogP contribution in [0, 0.1) is 5.41 Å². The number of methoxy groups -OCH3 is 3. The van der Waals surface area contributed by atoms with Gasteiger partial charge in [0.15, 0.2) is 11.5 Å². The van der Waals surface area contributed by atoms with Crippen LogP contribution in [-0.4, -0.2) is 35.3 Å². The molecule has 0 bridgehead atoms. The van der Waals surface area contributed by atoms with Crippen LogP contribution in [0.4, 0.5) is 5.69 Å². The molecule has 0 fully saturated rings. The van der Waals surface area contributed by atoms with Crippen LogP contribution >= 0.6 is 0 Å². The van der Waals surface area contributed by atoms with Gasteiger partial charge >= 0.3 is 0 Å². The molecule has 6 heteroatoms. The van der Waals surface area contributed by atoms with E-state index in [4.69, 9.17) is 14.2 Å². The van der Waals surface area contributed by atoms with Crippen LogP contribution in [0.5, 0.6) is 17.2 Å². The first-order valence-corrected chi connectivity index (χ1v) is 11.1. The summed E-state index contributed by atoms with van der Waals surface area (Å²) in [7, 11) is 2.93. The predicted molar refractivity (Wildman–Crippen MR) is 97.2 cm³/mol. The van der Waals surface area contributed by atoms with Gasteiger partial charge in [-0.3, -0.25) is 4.79 Å². The van der Waals surface area contributed by atoms with Gasteiger partial charge < -0.3 is 19.5 Å². The molecule has 130 valence electrons. The molecule has 0 saturated carbocycles. The van der Waals surface area contributed by atoms with E-state index in [9.17, 15) is 4.79 Å². The Labute approximate surface area is 140 Å². The maximum atomic E-state index is 12.5. The summed E-state index contributed by atoms with van der Waals surface area (Å²) < 4.78 is 16.6. The highest BCUT2D eigenvalue weighted by Gasteiger charge is 2.32. The van der Waals surface area contributed by atoms with Crippen molar-refractivity contribution in [3.05, 3.63) is 6.07 Å². The van der Waals surface area contributed by atoms with E-state index in [2.05, 4.69) is 25.0 Å². The first-order chi connectivity index (χ1) is 10.5. The van der Waals surface area contributed by atoms with E-state index in [0.29, 0.717) is 22.9 Å². The molecule has 23 heavy (non-hydrogen) atoms. The van der Waals surface area contributed by atoms with Crippen LogP contribution in [0.3, 0.4) is 0 Å². The highest BCUT2D eigenvalue weighted by atomic mass is 28.3. The lowest BCUT2D eigenvalue weighted by atomic mass is 9.95. The number of ether oxygens (including phenoxy) is 3. The van der Waals surface area contributed by atoms with Crippen molar-refractivity contribution in [1.82, 2.24) is 0 Å². The second kappa shape index (κ2) is 6.82. The number of anilines is 1. The van der Waals surface area contributed by atoms with Crippen LogP contribution < -0.4 is 24.7 Å². The summed E-state index contributed by atoms with van der Waals surface area (Å²) in [5.41, 5.74) is 0.179. The number of nitrogens with one attached hydrogen (secondary N) is 1. The Morgan fingerprint density at radius 2 is 1.52 bits per heavy atom. The molecule has 0 spiro atoms. The van der Waals surface area contributed by atoms with Gasteiger partial charge in [0.25, 0.3) is 0 Å². The van der Waals surface area contributed by atoms with E-state index in [1.807, 2.05) is 20.8 Å². The van der Waals surface area contributed by atoms with Crippen molar-refractivity contribution in [3.63, 3.8) is 0 Å². The molecule has 0 aliphatic rings. The third-order valence-electron chi connectivity index (χ3n) is 3.52. The van der Waals surface area contributed by atoms with Crippen molar-refractivity contribution in [2.45, 2.75) is 40.4 Å². The fourth-order valence-electron chi connectivity index (χ4n) is 2.27. The molecule has 0 aliphatic heterocycles. The van der Waals surface area contributed by atoms with Gasteiger partial charge in [0.05, 0.1) is 35.1 Å². The number of rotatable bonds is 5. The second-order valence-electron chi connectivity index (χ2n) is 7.52. The summed E-state index contributed by atoms with van der Waals surface area (Å²) >= 11 is 0. The third-order valence-corrected chi connectivity index (χ3v) is 5.50. The van der Waals surface area contributed by atoms with Crippen molar-refractivity contribution in [3.8, 4) is 17.2 Å². The molecule has 5 nitrogen and oxygen atoms in total. The summed E-state index contributed by atoms with van der Waals surface area (Å²) in [5.74, 6) is 1.78. The fraction of sp³-hybridized carbons (Fsp3) is 0.588. The molecule has 1 rings (SSSR count). The molecular formula is C17H29NO4Si. The van der Waals surface area contributed by atoms with Crippen molar-refractivity contribution < 1.29 is 19.0 Å². The minimum atomic E-state index is -1.86. The van der Waals surface area contributed by atoms with Gasteiger partial charge in [-0.05, 0) is 0 Å². The topological polar surface area (TPSA) is 56.8 Å². The first kappa shape index (κ1) is 19.4. The van der Waals surface area contributed by atoms with E-state index in [0.717, 1.165) is 5.19 Å². The van der Waals surface area contributed by atoms with Crippen LogP contribution in [0.2, 0.25) is 19.6 Å². The van der Waals surface area contributed by atoms with Crippen LogP contribution in [0.15, 0.2) is 6.07 Å². The van der Waals surface area contributed by atoms with E-state index in [1.165, 1.54) is 0 Å². The molecule has 0 aliphatic carbocycles. The Morgan fingerprint density at radius 1 is 1.00 bits per heavy atom. The average molecular weight is 340 g/mol. The van der Waals surface area contributed by atoms with Gasteiger partial charge in [0, 0.05) is 16.7 Å². The Hall–Kier alpha value is -1.69. The number of benzene rings is 1. The normalized spacial score (nSPS) is 11.9. The highest BCUT2D eigenvalue weighted by Crippen LogP contribution is 2.38. The SMILES string of the molecule is COc1cc(OC)c(OC)c([Si](C)(C)C)c1NC(=O)C(C)(C)C. The van der Waals surface area contributed by atoms with E-state index >= 15 is 0 Å². The Balaban J connectivity index is 3.68. The van der Waals surface area contributed by atoms with Gasteiger partial charge in [0.2, 0.25) is 5.91 Å². The molecular weight excluding hydrogens is 310 g/mol. The summed E-state index contributed by atoms with van der Waals surface area (Å²) in [4.78, 5) is 12.5. The molecule has 1 amide bonds. The number of hydrogen-bond acceptors (Lipinski definition) is 4. The number of carbonyl (C=O) groups is 1. The average Bonchev–Trinajstić information content (AvgIpc) is 2.43. The minimum absolute atomic E-state index is 0.0671. The minimum Gasteiger partial charge on any atom is -0.494 e. The van der Waals surface area contributed by atoms with Crippen LogP contribution in [0.1, 0.15) is 20.8 Å². The summed E-state index contributed by atoms with van der Waals surface area (Å²) in [6.07, 6.45) is 0. The summed E-state index contributed by atoms with van der Waals surface area (Å²) in [6, 6.07) is 1.75. The van der Waals surface area contributed by atoms with Crippen molar-refractivity contribution >= 4 is 24.9 Å². The van der Waals surface area contributed by atoms with Crippen molar-refractivity contribution in [2.24, 2.45) is 5.41 Å². The lowest BCUT2D eigenvalue weighted by Crippen LogP contribution is -2.42. The Morgan fingerprint density at radius 3 is 1.87 bits per heavy atom. The molecule has 0 saturated heterocycles. The van der Waals surface area contributed by atoms with Crippen molar-refractivity contribution in [1.29, 1.82) is 0 Å². The molecule has 0 radical (unpaired) electrons. The van der Waals surface area contributed by atoms with Gasteiger partial charge in [-0.25, -0.2) is 0 Å². The molecule has 1 aromatic carbocycles. The van der Waals surface area contributed by atoms with Crippen LogP contribution in [0.25, 0.3) is 0 Å². The van der Waals surface area contributed by atoms with Gasteiger partial charge in [-0.15, -0.1) is 0 Å². The lowest BCUT2D eigenvalue weighted by Gasteiger charge is -2.28. The summed E-state index contributed by atoms with van der Waals surface area (Å²) in [6.45, 7) is 12.2. The number of carbonyl (C=O) groups excluding carboxylic acids is 1. The second-order valence-corrected chi connectivity index (χ2v) is 12.5. The number of hydrogen-bond donors (Lipinski definition) is 1. The Kier molecular flexibility index (Phi) is 5.74. The molecule has 0 unspecified atom stereocenters. The van der Waals surface area contributed by atoms with E-state index in [-0.39, 0.29) is 5.91 Å². The van der Waals surface area contributed by atoms with Gasteiger partial charge in [-0.2, -0.15) is 0 Å². The molecule has 1 N–H and O–H groups in total. The zero-order valence-corrected chi connectivity index (χ0v) is 16.7. The zero-order valence-electron chi connectivity index (χ0n) is 15.7. The van der Waals surface area contributed by atoms with Gasteiger partial charge in [-0.1, -0.05) is 40.4 Å². The zero-order chi connectivity index (χ0) is 18.0. The standard InChI is InChI=1S/C17H29NO4Si/c1-17(2,3)16(19)18-13-11(20-4)10-12(21-5)14(22-6)15(13)23(7,8)9/h10H,1-9H3,(H,18,19). The van der Waals surface area contributed by atoms with Gasteiger partial charge in [0.1, 0.15) is 5.75 Å². The number of amides is 1. The largest absolute Gasteiger partial charge is 0.494 e. The first-order valence-electron chi connectivity index (χ1n) is 7.62. The van der Waals surface area contributed by atoms with Crippen LogP contribution in [-0.2, 0) is 4.79 Å². The molecule has 0 aromatic heterocycles. The smallest absolute Gasteiger partial charge is 0.229 e. The van der Waals surface area contributed by atoms with E-state index in [1.54, 1.807) is 27.4 Å². The quantitative estimate of drug-likeness (QED) is 0.837. The maximum absolute atomic E-state index is 12.5. The van der Waals surface area contributed by atoms with Crippen molar-refractivity contribution in [2.75, 3.05) is 26.6 Å². The molecule has 0 heterocycles.